The van der Waals surface area contributed by atoms with E-state index >= 15 is 0 Å². The number of rotatable bonds is 23. The molecule has 0 fully saturated rings. The summed E-state index contributed by atoms with van der Waals surface area (Å²) >= 11 is 0. The zero-order valence-corrected chi connectivity index (χ0v) is 20.3. The van der Waals surface area contributed by atoms with Crippen LogP contribution in [-0.2, 0) is 0 Å². The van der Waals surface area contributed by atoms with Crippen molar-refractivity contribution >= 4 is 0 Å². The molecular weight excluding hydrogens is 348 g/mol. The van der Waals surface area contributed by atoms with Gasteiger partial charge in [0.25, 0.3) is 0 Å². The highest BCUT2D eigenvalue weighted by Gasteiger charge is 1.94. The first-order chi connectivity index (χ1) is 14.4. The highest BCUT2D eigenvalue weighted by molar-refractivity contribution is 4.96. The molecule has 0 saturated heterocycles. The third-order valence-electron chi connectivity index (χ3n) is 5.75. The summed E-state index contributed by atoms with van der Waals surface area (Å²) < 4.78 is 0. The lowest BCUT2D eigenvalue weighted by Crippen LogP contribution is -1.83. The molecule has 0 N–H and O–H groups in total. The maximum absolute atomic E-state index is 2.37. The molecule has 0 heteroatoms. The number of hydrogen-bond acceptors (Lipinski definition) is 0. The first-order valence-electron chi connectivity index (χ1n) is 13.4. The summed E-state index contributed by atoms with van der Waals surface area (Å²) in [5.74, 6) is 0. The Kier molecular flexibility index (Phi) is 26.5. The second-order valence-corrected chi connectivity index (χ2v) is 8.74. The Morgan fingerprint density at radius 1 is 0.345 bits per heavy atom. The van der Waals surface area contributed by atoms with Crippen molar-refractivity contribution in [1.29, 1.82) is 0 Å². The monoisotopic (exact) mass is 402 g/mol. The maximum atomic E-state index is 2.37. The molecule has 0 atom stereocenters. The predicted octanol–water partition coefficient (Wildman–Crippen LogP) is 10.9. The van der Waals surface area contributed by atoms with Gasteiger partial charge in [0.2, 0.25) is 0 Å². The predicted molar refractivity (Wildman–Crippen MR) is 136 cm³/mol. The van der Waals surface area contributed by atoms with Crippen molar-refractivity contribution in [3.8, 4) is 0 Å². The maximum Gasteiger partial charge on any atom is -0.0169 e. The van der Waals surface area contributed by atoms with Crippen LogP contribution in [0.3, 0.4) is 0 Å². The Morgan fingerprint density at radius 3 is 1.10 bits per heavy atom. The van der Waals surface area contributed by atoms with E-state index in [1.807, 2.05) is 0 Å². The molecule has 0 spiro atoms. The molecule has 0 unspecified atom stereocenters. The third kappa shape index (κ3) is 27.2. The zero-order chi connectivity index (χ0) is 21.1. The average Bonchev–Trinajstić information content (AvgIpc) is 2.74. The van der Waals surface area contributed by atoms with Crippen LogP contribution in [0.15, 0.2) is 36.5 Å². The minimum absolute atomic E-state index is 1.08. The van der Waals surface area contributed by atoms with Crippen molar-refractivity contribution in [2.75, 3.05) is 0 Å². The molecule has 0 aliphatic rings. The van der Waals surface area contributed by atoms with Gasteiger partial charge in [0.05, 0.1) is 0 Å². The first-order valence-corrected chi connectivity index (χ1v) is 13.4. The molecule has 0 aromatic rings. The van der Waals surface area contributed by atoms with Gasteiger partial charge in [0, 0.05) is 0 Å². The fraction of sp³-hybridized carbons (Fsp3) is 0.793. The second-order valence-electron chi connectivity index (χ2n) is 8.74. The van der Waals surface area contributed by atoms with E-state index < -0.39 is 0 Å². The molecule has 29 heavy (non-hydrogen) atoms. The van der Waals surface area contributed by atoms with Gasteiger partial charge in [0.15, 0.2) is 0 Å². The molecule has 0 amide bonds. The van der Waals surface area contributed by atoms with Crippen LogP contribution in [-0.4, -0.2) is 0 Å². The molecule has 170 valence electrons. The highest BCUT2D eigenvalue weighted by Crippen LogP contribution is 2.14. The normalized spacial score (nSPS) is 12.2. The lowest BCUT2D eigenvalue weighted by atomic mass is 10.0. The molecule has 0 radical (unpaired) electrons. The molecule has 0 heterocycles. The molecule has 0 aliphatic heterocycles. The zero-order valence-electron chi connectivity index (χ0n) is 20.3. The van der Waals surface area contributed by atoms with Crippen molar-refractivity contribution in [3.05, 3.63) is 36.5 Å². The minimum Gasteiger partial charge on any atom is -0.0885 e. The first kappa shape index (κ1) is 28.2. The Hall–Kier alpha value is -0.780. The fourth-order valence-electron chi connectivity index (χ4n) is 3.81. The lowest BCUT2D eigenvalue weighted by molar-refractivity contribution is 0.527. The van der Waals surface area contributed by atoms with Crippen LogP contribution >= 0.6 is 0 Å². The summed E-state index contributed by atoms with van der Waals surface area (Å²) in [6.07, 6.45) is 43.0. The van der Waals surface area contributed by atoms with E-state index in [1.165, 1.54) is 116 Å². The fourth-order valence-corrected chi connectivity index (χ4v) is 3.81. The molecule has 0 aromatic carbocycles. The minimum atomic E-state index is 1.08. The van der Waals surface area contributed by atoms with Crippen LogP contribution in [0.25, 0.3) is 0 Å². The van der Waals surface area contributed by atoms with Crippen molar-refractivity contribution in [1.82, 2.24) is 0 Å². The van der Waals surface area contributed by atoms with Gasteiger partial charge in [-0.2, -0.15) is 0 Å². The summed E-state index contributed by atoms with van der Waals surface area (Å²) in [4.78, 5) is 0. The van der Waals surface area contributed by atoms with Gasteiger partial charge in [-0.3, -0.25) is 0 Å². The third-order valence-corrected chi connectivity index (χ3v) is 5.75. The Morgan fingerprint density at radius 2 is 0.690 bits per heavy atom. The largest absolute Gasteiger partial charge is 0.0885 e. The molecule has 0 rings (SSSR count). The standard InChI is InChI=1S/C29H54/c1-3-5-7-9-11-13-15-17-19-21-23-25-27-29-28-26-24-22-20-18-16-14-12-10-8-6-4-2/h5,7,11,13,17,19H,3-4,6,8-10,12,14-16,18,20-29H2,1-2H3/b7-5-,13-11-,19-17-. The van der Waals surface area contributed by atoms with Gasteiger partial charge >= 0.3 is 0 Å². The summed E-state index contributed by atoms with van der Waals surface area (Å²) in [5.41, 5.74) is 0. The smallest absolute Gasteiger partial charge is 0.0169 e. The van der Waals surface area contributed by atoms with E-state index in [0.717, 1.165) is 19.3 Å². The molecule has 0 nitrogen and oxygen atoms in total. The highest BCUT2D eigenvalue weighted by atomic mass is 14.0. The van der Waals surface area contributed by atoms with E-state index in [0.29, 0.717) is 0 Å². The van der Waals surface area contributed by atoms with E-state index in [-0.39, 0.29) is 0 Å². The Labute approximate surface area is 185 Å². The molecular formula is C29H54. The van der Waals surface area contributed by atoms with Crippen LogP contribution < -0.4 is 0 Å². The van der Waals surface area contributed by atoms with E-state index in [4.69, 9.17) is 0 Å². The van der Waals surface area contributed by atoms with Crippen molar-refractivity contribution in [2.45, 2.75) is 149 Å². The van der Waals surface area contributed by atoms with Crippen LogP contribution in [0.2, 0.25) is 0 Å². The van der Waals surface area contributed by atoms with Crippen molar-refractivity contribution < 1.29 is 0 Å². The van der Waals surface area contributed by atoms with Gasteiger partial charge in [-0.05, 0) is 32.1 Å². The number of allylic oxidation sites excluding steroid dienone is 6. The Bertz CT molecular complexity index is 360. The molecule has 0 bridgehead atoms. The van der Waals surface area contributed by atoms with Gasteiger partial charge < -0.3 is 0 Å². The van der Waals surface area contributed by atoms with Crippen molar-refractivity contribution in [3.63, 3.8) is 0 Å². The quantitative estimate of drug-likeness (QED) is 0.118. The topological polar surface area (TPSA) is 0 Å². The van der Waals surface area contributed by atoms with E-state index in [2.05, 4.69) is 50.3 Å². The van der Waals surface area contributed by atoms with Gasteiger partial charge in [-0.25, -0.2) is 0 Å². The Balaban J connectivity index is 3.11. The van der Waals surface area contributed by atoms with Crippen LogP contribution in [0.1, 0.15) is 149 Å². The molecule has 0 saturated carbocycles. The van der Waals surface area contributed by atoms with Gasteiger partial charge in [0.1, 0.15) is 0 Å². The van der Waals surface area contributed by atoms with E-state index in [9.17, 15) is 0 Å². The summed E-state index contributed by atoms with van der Waals surface area (Å²) in [6, 6.07) is 0. The lowest BCUT2D eigenvalue weighted by Gasteiger charge is -2.03. The van der Waals surface area contributed by atoms with E-state index in [1.54, 1.807) is 0 Å². The van der Waals surface area contributed by atoms with Crippen LogP contribution in [0, 0.1) is 0 Å². The molecule has 0 aromatic heterocycles. The van der Waals surface area contributed by atoms with Gasteiger partial charge in [-0.1, -0.05) is 153 Å². The van der Waals surface area contributed by atoms with Crippen LogP contribution in [0.4, 0.5) is 0 Å². The summed E-state index contributed by atoms with van der Waals surface area (Å²) in [6.45, 7) is 4.48. The average molecular weight is 403 g/mol. The number of unbranched alkanes of at least 4 members (excludes halogenated alkanes) is 17. The SMILES string of the molecule is CC/C=C\C/C=C\C/C=C\CCCCCCCCCCCCCCCCCCC. The summed E-state index contributed by atoms with van der Waals surface area (Å²) in [7, 11) is 0. The molecule has 0 aliphatic carbocycles. The van der Waals surface area contributed by atoms with Crippen LogP contribution in [0.5, 0.6) is 0 Å². The van der Waals surface area contributed by atoms with Gasteiger partial charge in [-0.15, -0.1) is 0 Å². The summed E-state index contributed by atoms with van der Waals surface area (Å²) in [5, 5.41) is 0. The van der Waals surface area contributed by atoms with Crippen molar-refractivity contribution in [2.24, 2.45) is 0 Å². The number of hydrogen-bond donors (Lipinski definition) is 0. The second kappa shape index (κ2) is 27.2.